The van der Waals surface area contributed by atoms with Gasteiger partial charge < -0.3 is 20.1 Å². The summed E-state index contributed by atoms with van der Waals surface area (Å²) in [6, 6.07) is 12.0. The predicted octanol–water partition coefficient (Wildman–Crippen LogP) is 5.27. The van der Waals surface area contributed by atoms with Crippen LogP contribution in [-0.2, 0) is 4.74 Å². The third kappa shape index (κ3) is 5.56. The Balaban J connectivity index is 1.98. The Morgan fingerprint density at radius 3 is 2.39 bits per heavy atom. The Morgan fingerprint density at radius 2 is 1.73 bits per heavy atom. The largest absolute Gasteiger partial charge is 0.495 e. The number of amides is 2. The summed E-state index contributed by atoms with van der Waals surface area (Å²) in [4.78, 5) is 38.7. The van der Waals surface area contributed by atoms with E-state index in [2.05, 4.69) is 10.6 Å². The number of para-hydroxylation sites is 2. The number of esters is 1. The molecule has 1 heterocycles. The van der Waals surface area contributed by atoms with Gasteiger partial charge in [-0.1, -0.05) is 18.2 Å². The lowest BCUT2D eigenvalue weighted by molar-refractivity contribution is 0.0379. The highest BCUT2D eigenvalue weighted by molar-refractivity contribution is 7.19. The number of nitrogens with one attached hydrogen (secondary N) is 2. The van der Waals surface area contributed by atoms with E-state index in [0.29, 0.717) is 17.0 Å². The smallest absolute Gasteiger partial charge is 0.341 e. The lowest BCUT2D eigenvalue weighted by Crippen LogP contribution is -2.17. The van der Waals surface area contributed by atoms with E-state index in [0.717, 1.165) is 17.4 Å². The number of hydrogen-bond donors (Lipinski definition) is 2. The molecule has 0 spiro atoms. The number of methoxy groups -OCH3 is 1. The summed E-state index contributed by atoms with van der Waals surface area (Å²) in [5.74, 6) is -1.87. The molecule has 0 bridgehead atoms. The van der Waals surface area contributed by atoms with Crippen LogP contribution in [0.3, 0.4) is 0 Å². The minimum absolute atomic E-state index is 0.0728. The molecule has 0 unspecified atom stereocenters. The summed E-state index contributed by atoms with van der Waals surface area (Å²) in [5, 5.41) is 5.52. The maximum Gasteiger partial charge on any atom is 0.341 e. The first-order chi connectivity index (χ1) is 15.7. The quantitative estimate of drug-likeness (QED) is 0.459. The van der Waals surface area contributed by atoms with Crippen LogP contribution >= 0.6 is 11.3 Å². The average molecular weight is 471 g/mol. The zero-order valence-electron chi connectivity index (χ0n) is 18.5. The monoisotopic (exact) mass is 470 g/mol. The second kappa shape index (κ2) is 10.3. The number of ether oxygens (including phenoxy) is 2. The van der Waals surface area contributed by atoms with Gasteiger partial charge in [0.05, 0.1) is 29.3 Å². The van der Waals surface area contributed by atoms with Crippen LogP contribution in [0.5, 0.6) is 5.75 Å². The fourth-order valence-electron chi connectivity index (χ4n) is 3.07. The van der Waals surface area contributed by atoms with Crippen molar-refractivity contribution >= 4 is 39.8 Å². The highest BCUT2D eigenvalue weighted by Gasteiger charge is 2.28. The number of anilines is 2. The van der Waals surface area contributed by atoms with Crippen LogP contribution in [0.15, 0.2) is 48.5 Å². The number of hydrogen-bond acceptors (Lipinski definition) is 6. The molecule has 0 aliphatic carbocycles. The molecule has 0 saturated carbocycles. The molecular formula is C24H23FN2O5S. The molecule has 1 aromatic heterocycles. The Morgan fingerprint density at radius 1 is 1.00 bits per heavy atom. The fraction of sp³-hybridized carbons (Fsp3) is 0.208. The summed E-state index contributed by atoms with van der Waals surface area (Å²) in [6.45, 7) is 4.99. The zero-order valence-corrected chi connectivity index (χ0v) is 19.3. The summed E-state index contributed by atoms with van der Waals surface area (Å²) >= 11 is 0.930. The van der Waals surface area contributed by atoms with Crippen LogP contribution in [0.4, 0.5) is 15.1 Å². The standard InChI is InChI=1S/C24H23FN2O5S/c1-13(2)32-24(30)19-14(3)20(22(29)26-17-10-5-6-11-18(17)31-4)33-23(19)27-21(28)15-8-7-9-16(25)12-15/h5-13H,1-4H3,(H,26,29)(H,27,28). The average Bonchev–Trinajstić information content (AvgIpc) is 3.09. The Kier molecular flexibility index (Phi) is 7.44. The van der Waals surface area contributed by atoms with Crippen molar-refractivity contribution in [1.82, 2.24) is 0 Å². The molecule has 2 aromatic carbocycles. The number of carbonyl (C=O) groups is 3. The first kappa shape index (κ1) is 23.9. The van der Waals surface area contributed by atoms with Crippen molar-refractivity contribution in [3.63, 3.8) is 0 Å². The molecule has 0 saturated heterocycles. The van der Waals surface area contributed by atoms with Gasteiger partial charge in [-0.25, -0.2) is 9.18 Å². The van der Waals surface area contributed by atoms with Crippen molar-refractivity contribution in [1.29, 1.82) is 0 Å². The first-order valence-corrected chi connectivity index (χ1v) is 10.9. The lowest BCUT2D eigenvalue weighted by Gasteiger charge is -2.11. The van der Waals surface area contributed by atoms with Gasteiger partial charge in [-0.15, -0.1) is 11.3 Å². The van der Waals surface area contributed by atoms with Gasteiger partial charge in [-0.3, -0.25) is 9.59 Å². The molecule has 3 rings (SSSR count). The van der Waals surface area contributed by atoms with Gasteiger partial charge in [-0.2, -0.15) is 0 Å². The van der Waals surface area contributed by atoms with Gasteiger partial charge in [0.2, 0.25) is 0 Å². The van der Waals surface area contributed by atoms with Crippen molar-refractivity contribution in [2.45, 2.75) is 26.9 Å². The summed E-state index contributed by atoms with van der Waals surface area (Å²) < 4.78 is 24.1. The Bertz CT molecular complexity index is 1210. The van der Waals surface area contributed by atoms with Gasteiger partial charge in [0.25, 0.3) is 11.8 Å². The van der Waals surface area contributed by atoms with Gasteiger partial charge in [0, 0.05) is 5.56 Å². The van der Waals surface area contributed by atoms with Crippen LogP contribution < -0.4 is 15.4 Å². The van der Waals surface area contributed by atoms with Crippen molar-refractivity contribution in [3.05, 3.63) is 75.9 Å². The first-order valence-electron chi connectivity index (χ1n) is 10.1. The van der Waals surface area contributed by atoms with E-state index >= 15 is 0 Å². The van der Waals surface area contributed by atoms with Gasteiger partial charge in [-0.05, 0) is 56.7 Å². The van der Waals surface area contributed by atoms with Crippen molar-refractivity contribution < 1.29 is 28.2 Å². The maximum atomic E-state index is 13.5. The SMILES string of the molecule is COc1ccccc1NC(=O)c1sc(NC(=O)c2cccc(F)c2)c(C(=O)OC(C)C)c1C. The molecule has 0 fully saturated rings. The van der Waals surface area contributed by atoms with E-state index < -0.39 is 29.7 Å². The van der Waals surface area contributed by atoms with Crippen LogP contribution in [-0.4, -0.2) is 31.0 Å². The van der Waals surface area contributed by atoms with E-state index in [-0.39, 0.29) is 21.0 Å². The molecule has 33 heavy (non-hydrogen) atoms. The van der Waals surface area contributed by atoms with Crippen LogP contribution in [0, 0.1) is 12.7 Å². The molecule has 172 valence electrons. The minimum atomic E-state index is -0.676. The zero-order chi connectivity index (χ0) is 24.1. The second-order valence-electron chi connectivity index (χ2n) is 7.33. The Labute approximate surface area is 194 Å². The van der Waals surface area contributed by atoms with Gasteiger partial charge >= 0.3 is 5.97 Å². The van der Waals surface area contributed by atoms with Crippen molar-refractivity contribution in [2.24, 2.45) is 0 Å². The third-order valence-electron chi connectivity index (χ3n) is 4.57. The molecule has 0 atom stereocenters. The van der Waals surface area contributed by atoms with E-state index in [9.17, 15) is 18.8 Å². The molecule has 3 aromatic rings. The number of benzene rings is 2. The van der Waals surface area contributed by atoms with E-state index in [1.54, 1.807) is 45.0 Å². The minimum Gasteiger partial charge on any atom is -0.495 e. The molecule has 0 aliphatic heterocycles. The molecule has 2 amide bonds. The van der Waals surface area contributed by atoms with Gasteiger partial charge in [0.1, 0.15) is 16.6 Å². The fourth-order valence-corrected chi connectivity index (χ4v) is 4.15. The number of halogens is 1. The van der Waals surface area contributed by atoms with Crippen LogP contribution in [0.2, 0.25) is 0 Å². The van der Waals surface area contributed by atoms with Crippen LogP contribution in [0.1, 0.15) is 49.8 Å². The van der Waals surface area contributed by atoms with Crippen LogP contribution in [0.25, 0.3) is 0 Å². The lowest BCUT2D eigenvalue weighted by atomic mass is 10.1. The topological polar surface area (TPSA) is 93.7 Å². The van der Waals surface area contributed by atoms with Crippen molar-refractivity contribution in [2.75, 3.05) is 17.7 Å². The summed E-state index contributed by atoms with van der Waals surface area (Å²) in [5.41, 5.74) is 0.954. The molecular weight excluding hydrogens is 447 g/mol. The molecule has 0 radical (unpaired) electrons. The number of thiophene rings is 1. The summed E-state index contributed by atoms with van der Waals surface area (Å²) in [6.07, 6.45) is -0.408. The highest BCUT2D eigenvalue weighted by atomic mass is 32.1. The van der Waals surface area contributed by atoms with Crippen molar-refractivity contribution in [3.8, 4) is 5.75 Å². The number of carbonyl (C=O) groups excluding carboxylic acids is 3. The van der Waals surface area contributed by atoms with E-state index in [1.165, 1.54) is 25.3 Å². The number of rotatable bonds is 7. The van der Waals surface area contributed by atoms with Gasteiger partial charge in [0.15, 0.2) is 0 Å². The highest BCUT2D eigenvalue weighted by Crippen LogP contribution is 2.35. The normalized spacial score (nSPS) is 10.6. The maximum absolute atomic E-state index is 13.5. The molecule has 2 N–H and O–H groups in total. The second-order valence-corrected chi connectivity index (χ2v) is 8.35. The molecule has 9 heteroatoms. The predicted molar refractivity (Wildman–Crippen MR) is 125 cm³/mol. The molecule has 7 nitrogen and oxygen atoms in total. The summed E-state index contributed by atoms with van der Waals surface area (Å²) in [7, 11) is 1.49. The van der Waals surface area contributed by atoms with E-state index in [1.807, 2.05) is 0 Å². The van der Waals surface area contributed by atoms with E-state index in [4.69, 9.17) is 9.47 Å². The third-order valence-corrected chi connectivity index (χ3v) is 5.77. The Hall–Kier alpha value is -3.72. The molecule has 0 aliphatic rings.